The maximum absolute atomic E-state index is 13.3. The van der Waals surface area contributed by atoms with Crippen molar-refractivity contribution in [1.82, 2.24) is 14.7 Å². The van der Waals surface area contributed by atoms with E-state index in [0.717, 1.165) is 11.1 Å². The Kier molecular flexibility index (Phi) is 3.69. The van der Waals surface area contributed by atoms with Crippen LogP contribution in [0.5, 0.6) is 0 Å². The Balaban J connectivity index is 2.16. The van der Waals surface area contributed by atoms with Crippen molar-refractivity contribution in [2.75, 3.05) is 0 Å². The summed E-state index contributed by atoms with van der Waals surface area (Å²) < 4.78 is 39.2. The van der Waals surface area contributed by atoms with Crippen molar-refractivity contribution in [1.29, 1.82) is 0 Å². The van der Waals surface area contributed by atoms with Crippen molar-refractivity contribution < 1.29 is 12.8 Å². The minimum atomic E-state index is -3.95. The number of pyridine rings is 1. The molecule has 0 aliphatic heterocycles. The number of halogens is 1. The molecular weight excluding hydrogens is 277 g/mol. The number of thiazole rings is 1. The Morgan fingerprint density at radius 2 is 2.28 bits per heavy atom. The van der Waals surface area contributed by atoms with Gasteiger partial charge in [0.05, 0.1) is 17.2 Å². The highest BCUT2D eigenvalue weighted by Crippen LogP contribution is 2.12. The van der Waals surface area contributed by atoms with Crippen LogP contribution in [0.25, 0.3) is 0 Å². The summed E-state index contributed by atoms with van der Waals surface area (Å²) in [4.78, 5) is 7.63. The summed E-state index contributed by atoms with van der Waals surface area (Å²) in [5, 5.41) is 1.98. The molecule has 0 radical (unpaired) electrons. The molecule has 2 rings (SSSR count). The van der Waals surface area contributed by atoms with Gasteiger partial charge in [0.25, 0.3) is 10.0 Å². The second-order valence-electron chi connectivity index (χ2n) is 3.47. The van der Waals surface area contributed by atoms with Crippen molar-refractivity contribution in [2.45, 2.75) is 18.5 Å². The number of aryl methyl sites for hydroxylation is 1. The maximum Gasteiger partial charge on any atom is 0.261 e. The van der Waals surface area contributed by atoms with Crippen molar-refractivity contribution in [3.8, 4) is 0 Å². The van der Waals surface area contributed by atoms with Gasteiger partial charge in [-0.2, -0.15) is 0 Å². The Morgan fingerprint density at radius 3 is 2.89 bits per heavy atom. The van der Waals surface area contributed by atoms with Crippen LogP contribution in [0.1, 0.15) is 10.7 Å². The summed E-state index contributed by atoms with van der Waals surface area (Å²) in [6.45, 7) is 1.84. The predicted molar refractivity (Wildman–Crippen MR) is 65.1 cm³/mol. The Bertz CT molecular complexity index is 655. The van der Waals surface area contributed by atoms with Crippen LogP contribution in [0, 0.1) is 12.7 Å². The molecule has 2 heterocycles. The third kappa shape index (κ3) is 2.89. The zero-order valence-electron chi connectivity index (χ0n) is 9.42. The van der Waals surface area contributed by atoms with Gasteiger partial charge in [0.1, 0.15) is 0 Å². The molecule has 0 saturated carbocycles. The van der Waals surface area contributed by atoms with Gasteiger partial charge >= 0.3 is 0 Å². The fourth-order valence-corrected chi connectivity index (χ4v) is 2.91. The molecule has 0 amide bonds. The number of rotatable bonds is 4. The quantitative estimate of drug-likeness (QED) is 0.924. The van der Waals surface area contributed by atoms with Gasteiger partial charge in [-0.1, -0.05) is 0 Å². The molecule has 0 fully saturated rings. The van der Waals surface area contributed by atoms with E-state index in [9.17, 15) is 12.8 Å². The molecule has 2 aromatic heterocycles. The lowest BCUT2D eigenvalue weighted by Crippen LogP contribution is -2.25. The molecule has 96 valence electrons. The molecule has 0 aliphatic rings. The number of hydrogen-bond acceptors (Lipinski definition) is 5. The van der Waals surface area contributed by atoms with E-state index < -0.39 is 20.9 Å². The number of hydrogen-bond donors (Lipinski definition) is 1. The second kappa shape index (κ2) is 5.09. The first-order valence-electron chi connectivity index (χ1n) is 5.00. The molecule has 0 atom stereocenters. The number of aromatic nitrogens is 2. The lowest BCUT2D eigenvalue weighted by atomic mass is 10.5. The van der Waals surface area contributed by atoms with Crippen LogP contribution in [0.15, 0.2) is 28.7 Å². The van der Waals surface area contributed by atoms with Crippen LogP contribution in [-0.2, 0) is 16.6 Å². The first kappa shape index (κ1) is 13.1. The summed E-state index contributed by atoms with van der Waals surface area (Å²) in [6.07, 6.45) is 1.23. The summed E-state index contributed by atoms with van der Waals surface area (Å²) >= 11 is 1.42. The summed E-state index contributed by atoms with van der Waals surface area (Å²) in [5.74, 6) is -0.876. The minimum Gasteiger partial charge on any atom is -0.245 e. The Labute approximate surface area is 108 Å². The molecule has 0 unspecified atom stereocenters. The van der Waals surface area contributed by atoms with Gasteiger partial charge in [-0.15, -0.1) is 11.3 Å². The maximum atomic E-state index is 13.3. The van der Waals surface area contributed by atoms with E-state index >= 15 is 0 Å². The van der Waals surface area contributed by atoms with Crippen molar-refractivity contribution in [3.63, 3.8) is 0 Å². The van der Waals surface area contributed by atoms with Crippen LogP contribution >= 0.6 is 11.3 Å². The van der Waals surface area contributed by atoms with Crippen LogP contribution in [0.2, 0.25) is 0 Å². The van der Waals surface area contributed by atoms with Gasteiger partial charge in [-0.25, -0.2) is 27.5 Å². The van der Waals surface area contributed by atoms with E-state index in [1.165, 1.54) is 23.6 Å². The average Bonchev–Trinajstić information content (AvgIpc) is 2.73. The molecular formula is C10H10FN3O2S2. The lowest BCUT2D eigenvalue weighted by molar-refractivity contribution is 0.544. The molecule has 18 heavy (non-hydrogen) atoms. The predicted octanol–water partition coefficient (Wildman–Crippen LogP) is 1.46. The third-order valence-electron chi connectivity index (χ3n) is 2.09. The zero-order chi connectivity index (χ0) is 13.2. The highest BCUT2D eigenvalue weighted by atomic mass is 32.2. The van der Waals surface area contributed by atoms with Crippen molar-refractivity contribution >= 4 is 21.4 Å². The Morgan fingerprint density at radius 1 is 1.50 bits per heavy atom. The SMILES string of the molecule is Cc1nc(CNS(=O)(=O)c2ncccc2F)cs1. The van der Waals surface area contributed by atoms with E-state index in [-0.39, 0.29) is 6.54 Å². The molecule has 0 aliphatic carbocycles. The first-order chi connectivity index (χ1) is 8.49. The van der Waals surface area contributed by atoms with Gasteiger partial charge in [-0.05, 0) is 19.1 Å². The minimum absolute atomic E-state index is 0.0166. The fourth-order valence-electron chi connectivity index (χ4n) is 1.30. The number of nitrogens with one attached hydrogen (secondary N) is 1. The molecule has 5 nitrogen and oxygen atoms in total. The second-order valence-corrected chi connectivity index (χ2v) is 6.22. The first-order valence-corrected chi connectivity index (χ1v) is 7.36. The summed E-state index contributed by atoms with van der Waals surface area (Å²) in [7, 11) is -3.95. The van der Waals surface area contributed by atoms with Gasteiger partial charge < -0.3 is 0 Å². The van der Waals surface area contributed by atoms with Gasteiger partial charge in [-0.3, -0.25) is 0 Å². The molecule has 8 heteroatoms. The van der Waals surface area contributed by atoms with Crippen LogP contribution in [-0.4, -0.2) is 18.4 Å². The van der Waals surface area contributed by atoms with E-state index in [1.54, 1.807) is 5.38 Å². The molecule has 0 aromatic carbocycles. The van der Waals surface area contributed by atoms with Gasteiger partial charge in [0.15, 0.2) is 5.82 Å². The van der Waals surface area contributed by atoms with Gasteiger partial charge in [0.2, 0.25) is 5.03 Å². The fraction of sp³-hybridized carbons (Fsp3) is 0.200. The van der Waals surface area contributed by atoms with Crippen molar-refractivity contribution in [2.24, 2.45) is 0 Å². The smallest absolute Gasteiger partial charge is 0.245 e. The number of sulfonamides is 1. The average molecular weight is 287 g/mol. The van der Waals surface area contributed by atoms with Crippen molar-refractivity contribution in [3.05, 3.63) is 40.2 Å². The third-order valence-corrected chi connectivity index (χ3v) is 4.25. The molecule has 0 saturated heterocycles. The topological polar surface area (TPSA) is 72.0 Å². The van der Waals surface area contributed by atoms with Crippen LogP contribution < -0.4 is 4.72 Å². The largest absolute Gasteiger partial charge is 0.261 e. The van der Waals surface area contributed by atoms with E-state index in [4.69, 9.17) is 0 Å². The molecule has 0 bridgehead atoms. The normalized spacial score (nSPS) is 11.7. The molecule has 0 spiro atoms. The monoisotopic (exact) mass is 287 g/mol. The zero-order valence-corrected chi connectivity index (χ0v) is 11.1. The highest BCUT2D eigenvalue weighted by Gasteiger charge is 2.20. The molecule has 1 N–H and O–H groups in total. The molecule has 2 aromatic rings. The van der Waals surface area contributed by atoms with Crippen LogP contribution in [0.3, 0.4) is 0 Å². The van der Waals surface area contributed by atoms with Crippen LogP contribution in [0.4, 0.5) is 4.39 Å². The Hall–Kier alpha value is -1.38. The highest BCUT2D eigenvalue weighted by molar-refractivity contribution is 7.89. The summed E-state index contributed by atoms with van der Waals surface area (Å²) in [5.41, 5.74) is 0.595. The number of nitrogens with zero attached hydrogens (tertiary/aromatic N) is 2. The lowest BCUT2D eigenvalue weighted by Gasteiger charge is -2.04. The van der Waals surface area contributed by atoms with E-state index in [0.29, 0.717) is 5.69 Å². The standard InChI is InChI=1S/C10H10FN3O2S2/c1-7-14-8(6-17-7)5-13-18(15,16)10-9(11)3-2-4-12-10/h2-4,6,13H,5H2,1H3. The van der Waals surface area contributed by atoms with E-state index in [1.807, 2.05) is 6.92 Å². The summed E-state index contributed by atoms with van der Waals surface area (Å²) in [6, 6.07) is 2.38. The van der Waals surface area contributed by atoms with Gasteiger partial charge in [0, 0.05) is 11.6 Å². The van der Waals surface area contributed by atoms with E-state index in [2.05, 4.69) is 14.7 Å².